The molecule has 3 N–H and O–H groups in total. The van der Waals surface area contributed by atoms with Crippen molar-refractivity contribution in [3.8, 4) is 0 Å². The molecule has 6 aliphatic rings. The molecule has 10 unspecified atom stereocenters. The molecule has 41 heavy (non-hydrogen) atoms. The number of piperidine rings is 2. The highest BCUT2D eigenvalue weighted by atomic mass is 16.5. The fourth-order valence-electron chi connectivity index (χ4n) is 9.80. The molecular weight excluding hydrogens is 524 g/mol. The first-order valence-corrected chi connectivity index (χ1v) is 16.1. The Balaban J connectivity index is 1.08. The number of rotatable bonds is 7. The van der Waals surface area contributed by atoms with Crippen LogP contribution >= 0.6 is 0 Å². The number of nitrogens with zero attached hydrogens (tertiary/aromatic N) is 1. The number of carbonyl (C=O) groups excluding carboxylic acids is 3. The average Bonchev–Trinajstić information content (AvgIpc) is 3.30. The van der Waals surface area contributed by atoms with Crippen LogP contribution in [0.4, 0.5) is 0 Å². The zero-order valence-corrected chi connectivity index (χ0v) is 25.2. The van der Waals surface area contributed by atoms with Crippen molar-refractivity contribution in [2.75, 3.05) is 20.8 Å². The Bertz CT molecular complexity index is 988. The van der Waals surface area contributed by atoms with Crippen LogP contribution < -0.4 is 16.0 Å². The third kappa shape index (κ3) is 5.43. The van der Waals surface area contributed by atoms with E-state index in [1.54, 1.807) is 21.1 Å². The molecule has 3 aliphatic carbocycles. The van der Waals surface area contributed by atoms with Gasteiger partial charge in [0.2, 0.25) is 17.7 Å². The lowest BCUT2D eigenvalue weighted by molar-refractivity contribution is -0.175. The molecule has 11 atom stereocenters. The summed E-state index contributed by atoms with van der Waals surface area (Å²) in [5.74, 6) is 1.25. The van der Waals surface area contributed by atoms with E-state index in [-0.39, 0.29) is 72.0 Å². The van der Waals surface area contributed by atoms with Crippen LogP contribution in [0, 0.1) is 23.7 Å². The number of hydrogen-bond acceptors (Lipinski definition) is 7. The molecule has 0 bridgehead atoms. The Morgan fingerprint density at radius 1 is 0.902 bits per heavy atom. The number of amides is 3. The molecule has 0 aromatic carbocycles. The van der Waals surface area contributed by atoms with E-state index in [9.17, 15) is 14.4 Å². The third-order valence-electron chi connectivity index (χ3n) is 11.5. The largest absolute Gasteiger partial charge is 0.379 e. The van der Waals surface area contributed by atoms with Crippen molar-refractivity contribution in [2.24, 2.45) is 23.7 Å². The van der Waals surface area contributed by atoms with E-state index in [0.29, 0.717) is 17.9 Å². The highest BCUT2D eigenvalue weighted by Crippen LogP contribution is 2.54. The van der Waals surface area contributed by atoms with Gasteiger partial charge in [-0.2, -0.15) is 0 Å². The van der Waals surface area contributed by atoms with Crippen molar-refractivity contribution in [3.63, 3.8) is 0 Å². The van der Waals surface area contributed by atoms with Gasteiger partial charge in [-0.3, -0.25) is 14.4 Å². The van der Waals surface area contributed by atoms with E-state index in [0.717, 1.165) is 70.8 Å². The van der Waals surface area contributed by atoms with Crippen LogP contribution in [0.15, 0.2) is 0 Å². The zero-order valence-electron chi connectivity index (χ0n) is 25.2. The Kier molecular flexibility index (Phi) is 8.65. The summed E-state index contributed by atoms with van der Waals surface area (Å²) in [6.45, 7) is 4.41. The van der Waals surface area contributed by atoms with E-state index in [2.05, 4.69) is 20.9 Å². The molecule has 3 heterocycles. The zero-order chi connectivity index (χ0) is 28.8. The quantitative estimate of drug-likeness (QED) is 0.424. The summed E-state index contributed by atoms with van der Waals surface area (Å²) in [6.07, 6.45) is 8.50. The van der Waals surface area contributed by atoms with Gasteiger partial charge in [0, 0.05) is 45.3 Å². The van der Waals surface area contributed by atoms with Crippen molar-refractivity contribution in [2.45, 2.75) is 133 Å². The minimum Gasteiger partial charge on any atom is -0.379 e. The SMILES string of the molecule is COC1CCC2C3NCCC4C5CC(O[C@@H](C)C(=O)NC6CCC(NC(C)=O)CC6)CCC5N(C(=O)C2C1OC)C43. The molecule has 0 aromatic rings. The van der Waals surface area contributed by atoms with Crippen LogP contribution in [0.25, 0.3) is 0 Å². The maximum absolute atomic E-state index is 14.2. The molecule has 6 rings (SSSR count). The predicted octanol–water partition coefficient (Wildman–Crippen LogP) is 1.75. The lowest BCUT2D eigenvalue weighted by Gasteiger charge is -2.55. The lowest BCUT2D eigenvalue weighted by atomic mass is 9.64. The topological polar surface area (TPSA) is 118 Å². The van der Waals surface area contributed by atoms with E-state index in [1.165, 1.54) is 0 Å². The summed E-state index contributed by atoms with van der Waals surface area (Å²) in [5.41, 5.74) is 0. The Morgan fingerprint density at radius 3 is 2.32 bits per heavy atom. The molecule has 10 nitrogen and oxygen atoms in total. The second-order valence-corrected chi connectivity index (χ2v) is 13.6. The van der Waals surface area contributed by atoms with Gasteiger partial charge >= 0.3 is 0 Å². The highest BCUT2D eigenvalue weighted by Gasteiger charge is 2.64. The molecule has 230 valence electrons. The Morgan fingerprint density at radius 2 is 1.63 bits per heavy atom. The first kappa shape index (κ1) is 29.3. The first-order chi connectivity index (χ1) is 19.8. The normalized spacial score (nSPS) is 44.3. The number of methoxy groups -OCH3 is 2. The summed E-state index contributed by atoms with van der Waals surface area (Å²) in [4.78, 5) is 40.9. The molecule has 10 heteroatoms. The summed E-state index contributed by atoms with van der Waals surface area (Å²) in [7, 11) is 3.45. The van der Waals surface area contributed by atoms with Crippen molar-refractivity contribution in [1.82, 2.24) is 20.9 Å². The number of nitrogens with one attached hydrogen (secondary N) is 3. The van der Waals surface area contributed by atoms with E-state index in [1.807, 2.05) is 6.92 Å². The maximum Gasteiger partial charge on any atom is 0.249 e. The molecule has 6 fully saturated rings. The highest BCUT2D eigenvalue weighted by molar-refractivity contribution is 5.83. The molecule has 0 radical (unpaired) electrons. The smallest absolute Gasteiger partial charge is 0.249 e. The van der Waals surface area contributed by atoms with E-state index >= 15 is 0 Å². The first-order valence-electron chi connectivity index (χ1n) is 16.1. The van der Waals surface area contributed by atoms with Gasteiger partial charge in [-0.25, -0.2) is 0 Å². The monoisotopic (exact) mass is 574 g/mol. The maximum atomic E-state index is 14.2. The van der Waals surface area contributed by atoms with E-state index in [4.69, 9.17) is 14.2 Å². The standard InChI is InChI=1S/C31H50N4O6/c1-16(30(37)34-19-7-5-18(6-8-19)33-17(2)36)41-20-9-11-24-23(15-20)21-13-14-32-27-22-10-12-25(39-3)29(40-4)26(22)31(38)35(24)28(21)27/h16,18-29,32H,5-15H2,1-4H3,(H,33,36)(H,34,37)/t16-,18?,19?,20?,21?,22?,23?,24?,25?,26?,27?,28?,29?/m0/s1. The van der Waals surface area contributed by atoms with Crippen molar-refractivity contribution >= 4 is 17.7 Å². The van der Waals surface area contributed by atoms with Gasteiger partial charge in [0.25, 0.3) is 0 Å². The average molecular weight is 575 g/mol. The number of hydrogen-bond donors (Lipinski definition) is 3. The van der Waals surface area contributed by atoms with Crippen LogP contribution in [-0.4, -0.2) is 98.0 Å². The summed E-state index contributed by atoms with van der Waals surface area (Å²) in [5, 5.41) is 10.0. The van der Waals surface area contributed by atoms with Gasteiger partial charge < -0.3 is 35.1 Å². The Labute approximate surface area is 244 Å². The van der Waals surface area contributed by atoms with Crippen LogP contribution in [0.3, 0.4) is 0 Å². The third-order valence-corrected chi connectivity index (χ3v) is 11.5. The van der Waals surface area contributed by atoms with Crippen molar-refractivity contribution < 1.29 is 28.6 Å². The lowest BCUT2D eigenvalue weighted by Crippen LogP contribution is -2.70. The molecular formula is C31H50N4O6. The van der Waals surface area contributed by atoms with Gasteiger partial charge in [-0.15, -0.1) is 0 Å². The summed E-state index contributed by atoms with van der Waals surface area (Å²) >= 11 is 0. The molecule has 3 aliphatic heterocycles. The van der Waals surface area contributed by atoms with Crippen molar-refractivity contribution in [1.29, 1.82) is 0 Å². The number of ether oxygens (including phenoxy) is 3. The Hall–Kier alpha value is -1.75. The van der Waals surface area contributed by atoms with E-state index < -0.39 is 6.10 Å². The van der Waals surface area contributed by atoms with Crippen LogP contribution in [-0.2, 0) is 28.6 Å². The minimum atomic E-state index is -0.507. The van der Waals surface area contributed by atoms with Gasteiger partial charge in [-0.05, 0) is 95.4 Å². The fourth-order valence-corrected chi connectivity index (χ4v) is 9.80. The molecule has 0 spiro atoms. The minimum absolute atomic E-state index is 0.00850. The predicted molar refractivity (Wildman–Crippen MR) is 152 cm³/mol. The molecule has 0 aromatic heterocycles. The fraction of sp³-hybridized carbons (Fsp3) is 0.903. The van der Waals surface area contributed by atoms with Crippen LogP contribution in [0.5, 0.6) is 0 Å². The van der Waals surface area contributed by atoms with Gasteiger partial charge in [0.05, 0.1) is 30.3 Å². The van der Waals surface area contributed by atoms with Gasteiger partial charge in [0.15, 0.2) is 0 Å². The number of carbonyl (C=O) groups is 3. The summed E-state index contributed by atoms with van der Waals surface area (Å²) < 4.78 is 18.1. The second-order valence-electron chi connectivity index (χ2n) is 13.6. The summed E-state index contributed by atoms with van der Waals surface area (Å²) in [6, 6.07) is 1.14. The number of fused-ring (bicyclic) bond motifs is 5. The van der Waals surface area contributed by atoms with Crippen molar-refractivity contribution in [3.05, 3.63) is 0 Å². The molecule has 3 saturated heterocycles. The van der Waals surface area contributed by atoms with Gasteiger partial charge in [-0.1, -0.05) is 0 Å². The van der Waals surface area contributed by atoms with Crippen LogP contribution in [0.2, 0.25) is 0 Å². The molecule has 3 amide bonds. The van der Waals surface area contributed by atoms with Crippen LogP contribution in [0.1, 0.15) is 78.1 Å². The second kappa shape index (κ2) is 12.1. The van der Waals surface area contributed by atoms with Gasteiger partial charge in [0.1, 0.15) is 6.10 Å². The molecule has 3 saturated carbocycles.